The zero-order chi connectivity index (χ0) is 16.5. The minimum absolute atomic E-state index is 0.611. The molecule has 2 rings (SSSR count). The van der Waals surface area contributed by atoms with Crippen LogP contribution in [0.4, 0.5) is 0 Å². The van der Waals surface area contributed by atoms with Crippen molar-refractivity contribution < 1.29 is 9.47 Å². The Bertz CT molecular complexity index is 667. The molecular weight excluding hydrogens is 284 g/mol. The first-order chi connectivity index (χ1) is 11.3. The average molecular weight is 308 g/mol. The maximum atomic E-state index is 6.03. The molecule has 0 bridgehead atoms. The molecule has 0 saturated carbocycles. The van der Waals surface area contributed by atoms with Crippen LogP contribution in [-0.2, 0) is 0 Å². The number of hydrogen-bond acceptors (Lipinski definition) is 2. The summed E-state index contributed by atoms with van der Waals surface area (Å²) < 4.78 is 11.7. The number of hydrogen-bond donors (Lipinski definition) is 0. The maximum absolute atomic E-state index is 6.03. The van der Waals surface area contributed by atoms with Gasteiger partial charge in [0.05, 0.1) is 6.61 Å². The van der Waals surface area contributed by atoms with Gasteiger partial charge < -0.3 is 9.47 Å². The highest BCUT2D eigenvalue weighted by Crippen LogP contribution is 2.33. The van der Waals surface area contributed by atoms with Gasteiger partial charge in [0, 0.05) is 0 Å². The van der Waals surface area contributed by atoms with Crippen molar-refractivity contribution in [3.63, 3.8) is 0 Å². The third-order valence-corrected chi connectivity index (χ3v) is 3.28. The molecule has 23 heavy (non-hydrogen) atoms. The van der Waals surface area contributed by atoms with Gasteiger partial charge in [-0.25, -0.2) is 0 Å². The Morgan fingerprint density at radius 2 is 1.61 bits per heavy atom. The van der Waals surface area contributed by atoms with Gasteiger partial charge in [-0.05, 0) is 55.7 Å². The lowest BCUT2D eigenvalue weighted by atomic mass is 10.1. The van der Waals surface area contributed by atoms with Gasteiger partial charge in [0.15, 0.2) is 11.5 Å². The van der Waals surface area contributed by atoms with Crippen molar-refractivity contribution in [3.8, 4) is 17.2 Å². The minimum Gasteiger partial charge on any atom is -0.490 e. The molecule has 0 aromatic heterocycles. The van der Waals surface area contributed by atoms with Crippen LogP contribution in [0.2, 0.25) is 0 Å². The van der Waals surface area contributed by atoms with E-state index in [0.29, 0.717) is 6.61 Å². The van der Waals surface area contributed by atoms with Crippen molar-refractivity contribution in [1.82, 2.24) is 0 Å². The van der Waals surface area contributed by atoms with Crippen LogP contribution in [-0.4, -0.2) is 6.61 Å². The molecule has 0 N–H and O–H groups in total. The third kappa shape index (κ3) is 5.03. The Labute approximate surface area is 139 Å². The van der Waals surface area contributed by atoms with Crippen molar-refractivity contribution in [1.29, 1.82) is 0 Å². The highest BCUT2D eigenvalue weighted by atomic mass is 16.5. The normalized spacial score (nSPS) is 11.3. The molecule has 2 aromatic carbocycles. The quantitative estimate of drug-likeness (QED) is 0.594. The second-order valence-electron chi connectivity index (χ2n) is 5.12. The summed E-state index contributed by atoms with van der Waals surface area (Å²) in [5.74, 6) is 2.30. The molecule has 2 nitrogen and oxygen atoms in total. The Morgan fingerprint density at radius 3 is 2.26 bits per heavy atom. The zero-order valence-electron chi connectivity index (χ0n) is 14.1. The summed E-state index contributed by atoms with van der Waals surface area (Å²) in [6, 6.07) is 14.0. The average Bonchev–Trinajstić information content (AvgIpc) is 2.57. The van der Waals surface area contributed by atoms with E-state index in [1.807, 2.05) is 56.3 Å². The van der Waals surface area contributed by atoms with E-state index in [4.69, 9.17) is 9.47 Å². The lowest BCUT2D eigenvalue weighted by Gasteiger charge is -2.12. The summed E-state index contributed by atoms with van der Waals surface area (Å²) in [7, 11) is 0. The van der Waals surface area contributed by atoms with Crippen molar-refractivity contribution in [2.75, 3.05) is 6.61 Å². The number of rotatable bonds is 7. The SMILES string of the molecule is C/C=C/c1ccc(OCC)c(Oc2ccc(/C=C/CC)cc2)c1. The first-order valence-electron chi connectivity index (χ1n) is 8.10. The number of ether oxygens (including phenoxy) is 2. The molecule has 2 heteroatoms. The van der Waals surface area contributed by atoms with Crippen molar-refractivity contribution in [2.45, 2.75) is 27.2 Å². The summed E-state index contributed by atoms with van der Waals surface area (Å²) in [5, 5.41) is 0. The van der Waals surface area contributed by atoms with Crippen LogP contribution >= 0.6 is 0 Å². The van der Waals surface area contributed by atoms with Crippen molar-refractivity contribution >= 4 is 12.2 Å². The van der Waals surface area contributed by atoms with Gasteiger partial charge >= 0.3 is 0 Å². The largest absolute Gasteiger partial charge is 0.490 e. The van der Waals surface area contributed by atoms with Crippen LogP contribution in [0.15, 0.2) is 54.6 Å². The van der Waals surface area contributed by atoms with Crippen molar-refractivity contribution in [3.05, 3.63) is 65.7 Å². The predicted octanol–water partition coefficient (Wildman–Crippen LogP) is 6.33. The van der Waals surface area contributed by atoms with Gasteiger partial charge in [0.1, 0.15) is 5.75 Å². The van der Waals surface area contributed by atoms with Crippen LogP contribution < -0.4 is 9.47 Å². The maximum Gasteiger partial charge on any atom is 0.169 e. The van der Waals surface area contributed by atoms with Gasteiger partial charge in [0.2, 0.25) is 0 Å². The summed E-state index contributed by atoms with van der Waals surface area (Å²) in [6.45, 7) is 6.71. The zero-order valence-corrected chi connectivity index (χ0v) is 14.1. The monoisotopic (exact) mass is 308 g/mol. The van der Waals surface area contributed by atoms with E-state index in [-0.39, 0.29) is 0 Å². The van der Waals surface area contributed by atoms with E-state index in [1.54, 1.807) is 0 Å². The molecule has 0 aliphatic heterocycles. The Balaban J connectivity index is 2.23. The highest BCUT2D eigenvalue weighted by Gasteiger charge is 2.07. The molecule has 120 valence electrons. The minimum atomic E-state index is 0.611. The molecule has 0 unspecified atom stereocenters. The molecule has 0 heterocycles. The molecule has 0 aliphatic carbocycles. The smallest absolute Gasteiger partial charge is 0.169 e. The van der Waals surface area contributed by atoms with Gasteiger partial charge in [-0.2, -0.15) is 0 Å². The predicted molar refractivity (Wildman–Crippen MR) is 98.2 cm³/mol. The Morgan fingerprint density at radius 1 is 0.870 bits per heavy atom. The van der Waals surface area contributed by atoms with Gasteiger partial charge in [-0.1, -0.05) is 49.4 Å². The fourth-order valence-electron chi connectivity index (χ4n) is 2.20. The van der Waals surface area contributed by atoms with E-state index in [2.05, 4.69) is 31.2 Å². The van der Waals surface area contributed by atoms with Crippen LogP contribution in [0.5, 0.6) is 17.2 Å². The van der Waals surface area contributed by atoms with E-state index < -0.39 is 0 Å². The first kappa shape index (κ1) is 16.9. The Hall–Kier alpha value is -2.48. The molecular formula is C21H24O2. The molecule has 0 amide bonds. The lowest BCUT2D eigenvalue weighted by Crippen LogP contribution is -1.95. The fourth-order valence-corrected chi connectivity index (χ4v) is 2.20. The summed E-state index contributed by atoms with van der Waals surface area (Å²) in [4.78, 5) is 0. The van der Waals surface area contributed by atoms with E-state index >= 15 is 0 Å². The van der Waals surface area contributed by atoms with Crippen LogP contribution in [0, 0.1) is 0 Å². The molecule has 0 spiro atoms. The van der Waals surface area contributed by atoms with Crippen LogP contribution in [0.3, 0.4) is 0 Å². The van der Waals surface area contributed by atoms with Crippen LogP contribution in [0.25, 0.3) is 12.2 Å². The summed E-state index contributed by atoms with van der Waals surface area (Å²) in [6.07, 6.45) is 9.34. The Kier molecular flexibility index (Phi) is 6.49. The first-order valence-corrected chi connectivity index (χ1v) is 8.10. The summed E-state index contributed by atoms with van der Waals surface area (Å²) in [5.41, 5.74) is 2.26. The fraction of sp³-hybridized carbons (Fsp3) is 0.238. The highest BCUT2D eigenvalue weighted by molar-refractivity contribution is 5.57. The van der Waals surface area contributed by atoms with E-state index in [9.17, 15) is 0 Å². The number of benzene rings is 2. The van der Waals surface area contributed by atoms with Gasteiger partial charge in [-0.3, -0.25) is 0 Å². The van der Waals surface area contributed by atoms with Crippen molar-refractivity contribution in [2.24, 2.45) is 0 Å². The van der Waals surface area contributed by atoms with Crippen LogP contribution in [0.1, 0.15) is 38.3 Å². The van der Waals surface area contributed by atoms with Gasteiger partial charge in [-0.15, -0.1) is 0 Å². The molecule has 2 aromatic rings. The second kappa shape index (κ2) is 8.84. The topological polar surface area (TPSA) is 18.5 Å². The van der Waals surface area contributed by atoms with Gasteiger partial charge in [0.25, 0.3) is 0 Å². The second-order valence-corrected chi connectivity index (χ2v) is 5.12. The molecule has 0 radical (unpaired) electrons. The molecule has 0 atom stereocenters. The third-order valence-electron chi connectivity index (χ3n) is 3.28. The number of allylic oxidation sites excluding steroid dienone is 2. The van der Waals surface area contributed by atoms with E-state index in [1.165, 1.54) is 5.56 Å². The molecule has 0 saturated heterocycles. The summed E-state index contributed by atoms with van der Waals surface area (Å²) >= 11 is 0. The standard InChI is InChI=1S/C21H24O2/c1-4-7-9-17-10-13-19(14-11-17)23-21-16-18(8-5-2)12-15-20(21)22-6-3/h5,7-16H,4,6H2,1-3H3/b8-5+,9-7+. The molecule has 0 aliphatic rings. The van der Waals surface area contributed by atoms with E-state index in [0.717, 1.165) is 29.2 Å². The lowest BCUT2D eigenvalue weighted by molar-refractivity contribution is 0.321. The molecule has 0 fully saturated rings.